The lowest BCUT2D eigenvalue weighted by molar-refractivity contribution is -0.141. The van der Waals surface area contributed by atoms with Crippen molar-refractivity contribution in [2.75, 3.05) is 13.9 Å². The van der Waals surface area contributed by atoms with Crippen molar-refractivity contribution < 1.29 is 23.8 Å². The van der Waals surface area contributed by atoms with Crippen molar-refractivity contribution in [3.63, 3.8) is 0 Å². The molecule has 1 amide bonds. The Morgan fingerprint density at radius 2 is 2.00 bits per heavy atom. The molecule has 0 saturated carbocycles. The zero-order chi connectivity index (χ0) is 20.9. The Bertz CT molecular complexity index is 1130. The molecule has 152 valence electrons. The molecule has 0 aliphatic carbocycles. The van der Waals surface area contributed by atoms with E-state index in [1.807, 2.05) is 36.4 Å². The molecule has 7 nitrogen and oxygen atoms in total. The maximum absolute atomic E-state index is 12.5. The molecule has 7 heteroatoms. The Morgan fingerprint density at radius 1 is 1.17 bits per heavy atom. The lowest BCUT2D eigenvalue weighted by Gasteiger charge is -2.17. The van der Waals surface area contributed by atoms with Crippen molar-refractivity contribution in [2.45, 2.75) is 12.5 Å². The summed E-state index contributed by atoms with van der Waals surface area (Å²) in [4.78, 5) is 28.9. The summed E-state index contributed by atoms with van der Waals surface area (Å²) < 4.78 is 15.4. The molecular weight excluding hydrogens is 384 g/mol. The van der Waals surface area contributed by atoms with Crippen LogP contribution in [0.15, 0.2) is 60.8 Å². The van der Waals surface area contributed by atoms with Crippen LogP contribution < -0.4 is 14.8 Å². The highest BCUT2D eigenvalue weighted by Crippen LogP contribution is 2.32. The zero-order valence-electron chi connectivity index (χ0n) is 16.3. The standard InChI is InChI=1S/C23H20N2O5/c1-28-23(27)12-19(17-11-16-4-2-3-5-18(16)24-13-17)25-22(26)9-7-15-6-8-20-21(10-15)30-14-29-20/h2-11,13,19H,12,14H2,1H3,(H,25,26). The summed E-state index contributed by atoms with van der Waals surface area (Å²) in [6, 6.07) is 14.4. The maximum atomic E-state index is 12.5. The monoisotopic (exact) mass is 404 g/mol. The van der Waals surface area contributed by atoms with Gasteiger partial charge in [-0.1, -0.05) is 24.3 Å². The number of nitrogens with one attached hydrogen (secondary N) is 1. The van der Waals surface area contributed by atoms with E-state index in [0.717, 1.165) is 22.0 Å². The fraction of sp³-hybridized carbons (Fsp3) is 0.174. The van der Waals surface area contributed by atoms with Gasteiger partial charge in [0.05, 0.1) is 25.1 Å². The van der Waals surface area contributed by atoms with E-state index in [-0.39, 0.29) is 19.1 Å². The number of benzene rings is 2. The molecule has 1 unspecified atom stereocenters. The molecular formula is C23H20N2O5. The van der Waals surface area contributed by atoms with Gasteiger partial charge in [-0.15, -0.1) is 0 Å². The molecule has 30 heavy (non-hydrogen) atoms. The molecule has 1 N–H and O–H groups in total. The first-order valence-electron chi connectivity index (χ1n) is 9.42. The Balaban J connectivity index is 1.51. The van der Waals surface area contributed by atoms with E-state index in [0.29, 0.717) is 11.5 Å². The Hall–Kier alpha value is -3.87. The Morgan fingerprint density at radius 3 is 2.87 bits per heavy atom. The van der Waals surface area contributed by atoms with Crippen LogP contribution in [0.5, 0.6) is 11.5 Å². The highest BCUT2D eigenvalue weighted by atomic mass is 16.7. The van der Waals surface area contributed by atoms with E-state index in [4.69, 9.17) is 14.2 Å². The zero-order valence-corrected chi connectivity index (χ0v) is 16.3. The number of hydrogen-bond acceptors (Lipinski definition) is 6. The lowest BCUT2D eigenvalue weighted by atomic mass is 10.0. The second-order valence-corrected chi connectivity index (χ2v) is 6.75. The van der Waals surface area contributed by atoms with Gasteiger partial charge in [0.1, 0.15) is 0 Å². The van der Waals surface area contributed by atoms with Crippen LogP contribution in [0, 0.1) is 0 Å². The number of carbonyl (C=O) groups excluding carboxylic acids is 2. The number of pyridine rings is 1. The number of rotatable bonds is 6. The summed E-state index contributed by atoms with van der Waals surface area (Å²) in [5.41, 5.74) is 2.36. The van der Waals surface area contributed by atoms with E-state index in [1.54, 1.807) is 24.4 Å². The molecule has 2 aromatic carbocycles. The molecule has 0 bridgehead atoms. The molecule has 4 rings (SSSR count). The van der Waals surface area contributed by atoms with Gasteiger partial charge in [-0.2, -0.15) is 0 Å². The Labute approximate surface area is 173 Å². The van der Waals surface area contributed by atoms with Gasteiger partial charge < -0.3 is 19.5 Å². The number of carbonyl (C=O) groups is 2. The number of ether oxygens (including phenoxy) is 3. The summed E-state index contributed by atoms with van der Waals surface area (Å²) in [6.45, 7) is 0.192. The topological polar surface area (TPSA) is 86.8 Å². The SMILES string of the molecule is COC(=O)CC(NC(=O)C=Cc1ccc2c(c1)OCO2)c1cnc2ccccc2c1. The highest BCUT2D eigenvalue weighted by molar-refractivity contribution is 5.92. The van der Waals surface area contributed by atoms with Crippen molar-refractivity contribution in [1.82, 2.24) is 10.3 Å². The minimum atomic E-state index is -0.566. The number of hydrogen-bond donors (Lipinski definition) is 1. The van der Waals surface area contributed by atoms with Gasteiger partial charge >= 0.3 is 5.97 Å². The van der Waals surface area contributed by atoms with E-state index in [2.05, 4.69) is 10.3 Å². The first kappa shape index (κ1) is 19.4. The molecule has 1 atom stereocenters. The molecule has 2 heterocycles. The molecule has 0 fully saturated rings. The van der Waals surface area contributed by atoms with Crippen molar-refractivity contribution in [3.8, 4) is 11.5 Å². The molecule has 1 aliphatic rings. The number of fused-ring (bicyclic) bond motifs is 2. The fourth-order valence-corrected chi connectivity index (χ4v) is 3.19. The summed E-state index contributed by atoms with van der Waals surface area (Å²) in [5, 5.41) is 3.79. The third-order valence-electron chi connectivity index (χ3n) is 4.75. The van der Waals surface area contributed by atoms with E-state index in [1.165, 1.54) is 13.2 Å². The van der Waals surface area contributed by atoms with Gasteiger partial charge in [-0.05, 0) is 41.5 Å². The minimum Gasteiger partial charge on any atom is -0.469 e. The van der Waals surface area contributed by atoms with Gasteiger partial charge in [0.25, 0.3) is 0 Å². The molecule has 0 radical (unpaired) electrons. The van der Waals surface area contributed by atoms with Crippen molar-refractivity contribution >= 4 is 28.9 Å². The van der Waals surface area contributed by atoms with Gasteiger partial charge in [0.2, 0.25) is 12.7 Å². The van der Waals surface area contributed by atoms with Crippen LogP contribution in [0.2, 0.25) is 0 Å². The maximum Gasteiger partial charge on any atom is 0.307 e. The fourth-order valence-electron chi connectivity index (χ4n) is 3.19. The molecule has 1 aliphatic heterocycles. The van der Waals surface area contributed by atoms with Crippen LogP contribution in [-0.4, -0.2) is 30.8 Å². The number of nitrogens with zero attached hydrogens (tertiary/aromatic N) is 1. The van der Waals surface area contributed by atoms with Crippen LogP contribution >= 0.6 is 0 Å². The summed E-state index contributed by atoms with van der Waals surface area (Å²) >= 11 is 0. The lowest BCUT2D eigenvalue weighted by Crippen LogP contribution is -2.29. The summed E-state index contributed by atoms with van der Waals surface area (Å²) in [7, 11) is 1.32. The van der Waals surface area contributed by atoms with Crippen molar-refractivity contribution in [2.24, 2.45) is 0 Å². The highest BCUT2D eigenvalue weighted by Gasteiger charge is 2.19. The first-order chi connectivity index (χ1) is 14.6. The van der Waals surface area contributed by atoms with Crippen molar-refractivity contribution in [1.29, 1.82) is 0 Å². The number of para-hydroxylation sites is 1. The molecule has 3 aromatic rings. The number of aromatic nitrogens is 1. The third kappa shape index (κ3) is 4.41. The minimum absolute atomic E-state index is 0.000123. The van der Waals surface area contributed by atoms with Crippen LogP contribution in [-0.2, 0) is 14.3 Å². The smallest absolute Gasteiger partial charge is 0.307 e. The van der Waals surface area contributed by atoms with Crippen LogP contribution in [0.3, 0.4) is 0 Å². The van der Waals surface area contributed by atoms with Gasteiger partial charge in [0, 0.05) is 17.7 Å². The van der Waals surface area contributed by atoms with E-state index < -0.39 is 12.0 Å². The predicted molar refractivity (Wildman–Crippen MR) is 111 cm³/mol. The number of methoxy groups -OCH3 is 1. The number of esters is 1. The Kier molecular flexibility index (Phi) is 5.61. The summed E-state index contributed by atoms with van der Waals surface area (Å²) in [5.74, 6) is 0.560. The van der Waals surface area contributed by atoms with Gasteiger partial charge in [0.15, 0.2) is 11.5 Å². The van der Waals surface area contributed by atoms with Gasteiger partial charge in [-0.25, -0.2) is 0 Å². The largest absolute Gasteiger partial charge is 0.469 e. The number of amides is 1. The second kappa shape index (κ2) is 8.65. The average Bonchev–Trinajstić information content (AvgIpc) is 3.24. The average molecular weight is 404 g/mol. The molecule has 1 aromatic heterocycles. The van der Waals surface area contributed by atoms with E-state index in [9.17, 15) is 9.59 Å². The first-order valence-corrected chi connectivity index (χ1v) is 9.42. The van der Waals surface area contributed by atoms with Gasteiger partial charge in [-0.3, -0.25) is 14.6 Å². The molecule has 0 spiro atoms. The van der Waals surface area contributed by atoms with Crippen LogP contribution in [0.4, 0.5) is 0 Å². The quantitative estimate of drug-likeness (QED) is 0.501. The van der Waals surface area contributed by atoms with Crippen LogP contribution in [0.25, 0.3) is 17.0 Å². The second-order valence-electron chi connectivity index (χ2n) is 6.75. The summed E-state index contributed by atoms with van der Waals surface area (Å²) in [6.07, 6.45) is 4.75. The van der Waals surface area contributed by atoms with Crippen molar-refractivity contribution in [3.05, 3.63) is 71.9 Å². The third-order valence-corrected chi connectivity index (χ3v) is 4.75. The van der Waals surface area contributed by atoms with E-state index >= 15 is 0 Å². The normalized spacial score (nSPS) is 13.4. The predicted octanol–water partition coefficient (Wildman–Crippen LogP) is 3.40. The molecule has 0 saturated heterocycles. The van der Waals surface area contributed by atoms with Crippen LogP contribution in [0.1, 0.15) is 23.6 Å².